The molecule has 1 heterocycles. The fourth-order valence-electron chi connectivity index (χ4n) is 1.38. The summed E-state index contributed by atoms with van der Waals surface area (Å²) < 4.78 is 0.985. The average molecular weight is 231 g/mol. The molecule has 6 heteroatoms. The zero-order valence-corrected chi connectivity index (χ0v) is 8.83. The van der Waals surface area contributed by atoms with Crippen LogP contribution in [0.3, 0.4) is 0 Å². The molecule has 1 aromatic carbocycles. The van der Waals surface area contributed by atoms with E-state index in [9.17, 15) is 9.59 Å². The molecule has 0 amide bonds. The third-order valence-electron chi connectivity index (χ3n) is 2.27. The summed E-state index contributed by atoms with van der Waals surface area (Å²) in [6.45, 7) is 3.17. The Morgan fingerprint density at radius 1 is 1.41 bits per heavy atom. The lowest BCUT2D eigenvalue weighted by molar-refractivity contribution is -0.132. The van der Waals surface area contributed by atoms with Gasteiger partial charge in [0.25, 0.3) is 5.56 Å². The standard InChI is InChI=1S/C11H9N3O3/c1-7(11(16)17)6-14-10(15)8-4-2-3-5-9(8)12-13-14/h2-5H,1,6H2,(H,16,17). The second-order valence-corrected chi connectivity index (χ2v) is 3.48. The van der Waals surface area contributed by atoms with Crippen molar-refractivity contribution in [2.45, 2.75) is 6.54 Å². The normalized spacial score (nSPS) is 10.4. The minimum absolute atomic E-state index is 0.114. The van der Waals surface area contributed by atoms with Gasteiger partial charge in [-0.05, 0) is 12.1 Å². The van der Waals surface area contributed by atoms with Gasteiger partial charge in [0.05, 0.1) is 17.5 Å². The van der Waals surface area contributed by atoms with Crippen LogP contribution in [0, 0.1) is 0 Å². The van der Waals surface area contributed by atoms with Gasteiger partial charge in [-0.15, -0.1) is 5.10 Å². The van der Waals surface area contributed by atoms with Gasteiger partial charge in [0.15, 0.2) is 0 Å². The van der Waals surface area contributed by atoms with Crippen LogP contribution in [0.25, 0.3) is 10.9 Å². The molecule has 1 aromatic heterocycles. The molecule has 0 saturated heterocycles. The molecule has 0 atom stereocenters. The number of aromatic nitrogens is 3. The summed E-state index contributed by atoms with van der Waals surface area (Å²) in [5.74, 6) is -1.16. The van der Waals surface area contributed by atoms with Gasteiger partial charge in [0, 0.05) is 0 Å². The molecule has 0 aliphatic rings. The monoisotopic (exact) mass is 231 g/mol. The van der Waals surface area contributed by atoms with Crippen LogP contribution >= 0.6 is 0 Å². The van der Waals surface area contributed by atoms with Crippen LogP contribution in [-0.2, 0) is 11.3 Å². The molecule has 2 aromatic rings. The van der Waals surface area contributed by atoms with Gasteiger partial charge in [-0.1, -0.05) is 23.9 Å². The first-order chi connectivity index (χ1) is 8.09. The van der Waals surface area contributed by atoms with Gasteiger partial charge in [-0.25, -0.2) is 9.48 Å². The van der Waals surface area contributed by atoms with Crippen LogP contribution in [-0.4, -0.2) is 26.1 Å². The Hall–Kier alpha value is -2.50. The summed E-state index contributed by atoms with van der Waals surface area (Å²) in [4.78, 5) is 22.5. The summed E-state index contributed by atoms with van der Waals surface area (Å²) in [6.07, 6.45) is 0. The maximum Gasteiger partial charge on any atom is 0.332 e. The number of hydrogen-bond acceptors (Lipinski definition) is 4. The number of hydrogen-bond donors (Lipinski definition) is 1. The molecule has 0 aliphatic heterocycles. The Kier molecular flexibility index (Phi) is 2.70. The number of fused-ring (bicyclic) bond motifs is 1. The molecule has 6 nitrogen and oxygen atoms in total. The molecule has 0 unspecified atom stereocenters. The van der Waals surface area contributed by atoms with Crippen molar-refractivity contribution >= 4 is 16.9 Å². The third-order valence-corrected chi connectivity index (χ3v) is 2.27. The first-order valence-electron chi connectivity index (χ1n) is 4.83. The first-order valence-corrected chi connectivity index (χ1v) is 4.83. The minimum Gasteiger partial charge on any atom is -0.478 e. The predicted molar refractivity (Wildman–Crippen MR) is 60.6 cm³/mol. The van der Waals surface area contributed by atoms with Crippen molar-refractivity contribution in [1.29, 1.82) is 0 Å². The molecular formula is C11H9N3O3. The zero-order valence-electron chi connectivity index (χ0n) is 8.83. The number of rotatable bonds is 3. The highest BCUT2D eigenvalue weighted by atomic mass is 16.4. The van der Waals surface area contributed by atoms with E-state index in [1.807, 2.05) is 0 Å². The summed E-state index contributed by atoms with van der Waals surface area (Å²) in [5.41, 5.74) is -0.00984. The topological polar surface area (TPSA) is 85.1 Å². The number of carboxylic acids is 1. The molecule has 2 rings (SSSR count). The van der Waals surface area contributed by atoms with E-state index in [0.717, 1.165) is 4.68 Å². The molecule has 0 radical (unpaired) electrons. The lowest BCUT2D eigenvalue weighted by Gasteiger charge is -2.03. The number of nitrogens with zero attached hydrogens (tertiary/aromatic N) is 3. The lowest BCUT2D eigenvalue weighted by atomic mass is 10.2. The quantitative estimate of drug-likeness (QED) is 0.774. The summed E-state index contributed by atoms with van der Waals surface area (Å²) >= 11 is 0. The summed E-state index contributed by atoms with van der Waals surface area (Å²) in [5, 5.41) is 16.6. The van der Waals surface area contributed by atoms with Crippen molar-refractivity contribution in [3.05, 3.63) is 46.8 Å². The van der Waals surface area contributed by atoms with Crippen LogP contribution in [0.15, 0.2) is 41.2 Å². The van der Waals surface area contributed by atoms with E-state index in [-0.39, 0.29) is 17.7 Å². The highest BCUT2D eigenvalue weighted by Gasteiger charge is 2.09. The molecule has 1 N–H and O–H groups in total. The number of carbonyl (C=O) groups is 1. The Morgan fingerprint density at radius 3 is 2.82 bits per heavy atom. The van der Waals surface area contributed by atoms with E-state index in [1.54, 1.807) is 24.3 Å². The summed E-state index contributed by atoms with van der Waals surface area (Å²) in [6, 6.07) is 6.74. The molecule has 86 valence electrons. The molecule has 0 spiro atoms. The van der Waals surface area contributed by atoms with Gasteiger partial charge in [-0.2, -0.15) is 0 Å². The van der Waals surface area contributed by atoms with Crippen LogP contribution in [0.2, 0.25) is 0 Å². The van der Waals surface area contributed by atoms with Crippen molar-refractivity contribution in [3.8, 4) is 0 Å². The molecule has 0 bridgehead atoms. The van der Waals surface area contributed by atoms with Crippen LogP contribution < -0.4 is 5.56 Å². The fourth-order valence-corrected chi connectivity index (χ4v) is 1.38. The zero-order chi connectivity index (χ0) is 12.4. The highest BCUT2D eigenvalue weighted by Crippen LogP contribution is 2.04. The van der Waals surface area contributed by atoms with Crippen molar-refractivity contribution in [1.82, 2.24) is 15.0 Å². The van der Waals surface area contributed by atoms with E-state index in [4.69, 9.17) is 5.11 Å². The highest BCUT2D eigenvalue weighted by molar-refractivity contribution is 5.85. The van der Waals surface area contributed by atoms with Gasteiger partial charge in [0.1, 0.15) is 5.52 Å². The molecule has 0 saturated carbocycles. The van der Waals surface area contributed by atoms with E-state index in [2.05, 4.69) is 16.9 Å². The number of carboxylic acid groups (broad SMARTS) is 1. The molecular weight excluding hydrogens is 222 g/mol. The SMILES string of the molecule is C=C(Cn1nnc2ccccc2c1=O)C(=O)O. The Morgan fingerprint density at radius 2 is 2.12 bits per heavy atom. The van der Waals surface area contributed by atoms with Gasteiger partial charge < -0.3 is 5.11 Å². The molecule has 0 fully saturated rings. The first kappa shape index (κ1) is 11.0. The average Bonchev–Trinajstić information content (AvgIpc) is 2.33. The largest absolute Gasteiger partial charge is 0.478 e. The maximum atomic E-state index is 11.9. The van der Waals surface area contributed by atoms with Crippen LogP contribution in [0.5, 0.6) is 0 Å². The van der Waals surface area contributed by atoms with Crippen molar-refractivity contribution < 1.29 is 9.90 Å². The predicted octanol–water partition coefficient (Wildman–Crippen LogP) is 0.432. The van der Waals surface area contributed by atoms with Crippen molar-refractivity contribution in [2.24, 2.45) is 0 Å². The Bertz CT molecular complexity index is 660. The smallest absolute Gasteiger partial charge is 0.332 e. The van der Waals surface area contributed by atoms with Crippen LogP contribution in [0.4, 0.5) is 0 Å². The third kappa shape index (κ3) is 2.05. The second-order valence-electron chi connectivity index (χ2n) is 3.48. The van der Waals surface area contributed by atoms with E-state index >= 15 is 0 Å². The van der Waals surface area contributed by atoms with E-state index < -0.39 is 5.97 Å². The van der Waals surface area contributed by atoms with Crippen LogP contribution in [0.1, 0.15) is 0 Å². The Balaban J connectivity index is 2.50. The second kappa shape index (κ2) is 4.17. The van der Waals surface area contributed by atoms with E-state index in [0.29, 0.717) is 10.9 Å². The lowest BCUT2D eigenvalue weighted by Crippen LogP contribution is -2.26. The number of aliphatic carboxylic acids is 1. The van der Waals surface area contributed by atoms with Gasteiger partial charge in [0.2, 0.25) is 0 Å². The molecule has 0 aliphatic carbocycles. The Labute approximate surface area is 95.8 Å². The van der Waals surface area contributed by atoms with Crippen molar-refractivity contribution in [3.63, 3.8) is 0 Å². The summed E-state index contributed by atoms with van der Waals surface area (Å²) in [7, 11) is 0. The molecule has 17 heavy (non-hydrogen) atoms. The maximum absolute atomic E-state index is 11.9. The van der Waals surface area contributed by atoms with Crippen molar-refractivity contribution in [2.75, 3.05) is 0 Å². The van der Waals surface area contributed by atoms with Gasteiger partial charge in [-0.3, -0.25) is 4.79 Å². The van der Waals surface area contributed by atoms with Gasteiger partial charge >= 0.3 is 5.97 Å². The fraction of sp³-hybridized carbons (Fsp3) is 0.0909. The minimum atomic E-state index is -1.16. The number of benzene rings is 1. The van der Waals surface area contributed by atoms with E-state index in [1.165, 1.54) is 0 Å².